The van der Waals surface area contributed by atoms with Gasteiger partial charge in [-0.15, -0.1) is 0 Å². The van der Waals surface area contributed by atoms with Crippen molar-refractivity contribution in [3.8, 4) is 0 Å². The van der Waals surface area contributed by atoms with Crippen LogP contribution in [0.2, 0.25) is 0 Å². The van der Waals surface area contributed by atoms with Crippen LogP contribution in [-0.2, 0) is 4.74 Å². The van der Waals surface area contributed by atoms with E-state index in [1.807, 2.05) is 0 Å². The summed E-state index contributed by atoms with van der Waals surface area (Å²) in [6, 6.07) is 0. The number of nitrogens with zero attached hydrogens (tertiary/aromatic N) is 1. The maximum Gasteiger partial charge on any atom is 0.224 e. The Labute approximate surface area is 94.6 Å². The Bertz CT molecular complexity index is 167. The molecule has 0 bridgehead atoms. The fourth-order valence-corrected chi connectivity index (χ4v) is 1.62. The molecule has 0 saturated carbocycles. The Morgan fingerprint density at radius 3 is 2.21 bits per heavy atom. The van der Waals surface area contributed by atoms with Gasteiger partial charge in [0.1, 0.15) is 6.61 Å². The minimum Gasteiger partial charge on any atom is -1.00 e. The minimum atomic E-state index is 0. The molecule has 14 heavy (non-hydrogen) atoms. The van der Waals surface area contributed by atoms with Gasteiger partial charge < -0.3 is 17.1 Å². The number of likely N-dealkylation sites (N-methyl/N-ethyl adjacent to an activating group) is 1. The zero-order chi connectivity index (χ0) is 9.95. The van der Waals surface area contributed by atoms with Gasteiger partial charge in [0.05, 0.1) is 20.6 Å². The molecule has 0 aromatic heterocycles. The van der Waals surface area contributed by atoms with E-state index in [-0.39, 0.29) is 18.1 Å². The first-order valence-electron chi connectivity index (χ1n) is 5.49. The monoisotopic (exact) mass is 221 g/mol. The molecule has 0 aliphatic carbocycles. The van der Waals surface area contributed by atoms with Crippen LogP contribution in [0.4, 0.5) is 0 Å². The Balaban J connectivity index is 0.00000169. The van der Waals surface area contributed by atoms with Crippen molar-refractivity contribution in [3.63, 3.8) is 0 Å². The quantitative estimate of drug-likeness (QED) is 0.332. The molecule has 0 amide bonds. The molecule has 1 heterocycles. The first-order chi connectivity index (χ1) is 6.02. The number of ether oxygens (including phenoxy) is 1. The van der Waals surface area contributed by atoms with E-state index in [1.165, 1.54) is 32.2 Å². The normalized spacial score (nSPS) is 25.7. The van der Waals surface area contributed by atoms with Gasteiger partial charge in [0.2, 0.25) is 5.72 Å². The standard InChI is InChI=1S/C11H24NO.ClH/c1-5-6-7-8-9-12(3,4)11(2)10-13-11;/h5-10H2,1-4H3;1H/q+1;/p-1. The molecule has 0 radical (unpaired) electrons. The van der Waals surface area contributed by atoms with E-state index in [9.17, 15) is 0 Å². The van der Waals surface area contributed by atoms with Gasteiger partial charge in [-0.05, 0) is 12.8 Å². The van der Waals surface area contributed by atoms with Crippen LogP contribution in [-0.4, -0.2) is 37.5 Å². The lowest BCUT2D eigenvalue weighted by Gasteiger charge is -2.33. The Kier molecular flexibility index (Phi) is 5.42. The summed E-state index contributed by atoms with van der Waals surface area (Å²) in [6.45, 7) is 6.66. The zero-order valence-corrected chi connectivity index (χ0v) is 10.7. The second kappa shape index (κ2) is 5.34. The fraction of sp³-hybridized carbons (Fsp3) is 1.00. The van der Waals surface area contributed by atoms with Crippen LogP contribution in [0.1, 0.15) is 39.5 Å². The van der Waals surface area contributed by atoms with E-state index < -0.39 is 0 Å². The van der Waals surface area contributed by atoms with Gasteiger partial charge in [-0.3, -0.25) is 4.48 Å². The summed E-state index contributed by atoms with van der Waals surface area (Å²) in [5.74, 6) is 0. The molecule has 1 rings (SSSR count). The maximum atomic E-state index is 5.49. The molecule has 1 unspecified atom stereocenters. The molecule has 1 fully saturated rings. The fourth-order valence-electron chi connectivity index (χ4n) is 1.62. The third-order valence-corrected chi connectivity index (χ3v) is 3.41. The number of unbranched alkanes of at least 4 members (excludes halogenated alkanes) is 3. The molecule has 1 aliphatic rings. The van der Waals surface area contributed by atoms with Crippen LogP contribution >= 0.6 is 0 Å². The SMILES string of the molecule is CCCCCC[N+](C)(C)C1(C)CO1.[Cl-]. The molecule has 0 aromatic carbocycles. The highest BCUT2D eigenvalue weighted by atomic mass is 35.5. The Morgan fingerprint density at radius 1 is 1.21 bits per heavy atom. The summed E-state index contributed by atoms with van der Waals surface area (Å²) < 4.78 is 6.51. The molecule has 1 aliphatic heterocycles. The van der Waals surface area contributed by atoms with Crippen molar-refractivity contribution in [2.45, 2.75) is 45.3 Å². The van der Waals surface area contributed by atoms with E-state index >= 15 is 0 Å². The lowest BCUT2D eigenvalue weighted by atomic mass is 10.1. The molecular formula is C11H24ClNO. The van der Waals surface area contributed by atoms with Gasteiger partial charge in [-0.1, -0.05) is 19.8 Å². The first kappa shape index (κ1) is 14.2. The van der Waals surface area contributed by atoms with E-state index in [2.05, 4.69) is 27.9 Å². The van der Waals surface area contributed by atoms with Crippen molar-refractivity contribution in [1.29, 1.82) is 0 Å². The lowest BCUT2D eigenvalue weighted by molar-refractivity contribution is -0.935. The van der Waals surface area contributed by atoms with E-state index in [0.717, 1.165) is 11.1 Å². The van der Waals surface area contributed by atoms with Crippen LogP contribution in [0.5, 0.6) is 0 Å². The smallest absolute Gasteiger partial charge is 0.224 e. The summed E-state index contributed by atoms with van der Waals surface area (Å²) in [4.78, 5) is 0. The van der Waals surface area contributed by atoms with Crippen molar-refractivity contribution in [2.75, 3.05) is 27.2 Å². The van der Waals surface area contributed by atoms with E-state index in [1.54, 1.807) is 0 Å². The molecule has 0 N–H and O–H groups in total. The van der Waals surface area contributed by atoms with Crippen molar-refractivity contribution in [2.24, 2.45) is 0 Å². The number of hydrogen-bond donors (Lipinski definition) is 0. The third kappa shape index (κ3) is 3.41. The van der Waals surface area contributed by atoms with Gasteiger partial charge in [0.25, 0.3) is 0 Å². The van der Waals surface area contributed by atoms with Gasteiger partial charge in [-0.2, -0.15) is 0 Å². The lowest BCUT2D eigenvalue weighted by Crippen LogP contribution is -3.00. The van der Waals surface area contributed by atoms with Gasteiger partial charge in [0, 0.05) is 6.92 Å². The zero-order valence-electron chi connectivity index (χ0n) is 9.98. The second-order valence-electron chi connectivity index (χ2n) is 4.93. The second-order valence-corrected chi connectivity index (χ2v) is 4.93. The van der Waals surface area contributed by atoms with Crippen LogP contribution in [0, 0.1) is 0 Å². The first-order valence-corrected chi connectivity index (χ1v) is 5.49. The van der Waals surface area contributed by atoms with E-state index in [0.29, 0.717) is 0 Å². The number of epoxide rings is 1. The molecule has 0 aromatic rings. The summed E-state index contributed by atoms with van der Waals surface area (Å²) in [5.41, 5.74) is 0.131. The predicted octanol–water partition coefficient (Wildman–Crippen LogP) is -0.606. The van der Waals surface area contributed by atoms with Gasteiger partial charge in [-0.25, -0.2) is 0 Å². The minimum absolute atomic E-state index is 0. The number of rotatable bonds is 6. The molecule has 2 nitrogen and oxygen atoms in total. The molecular weight excluding hydrogens is 198 g/mol. The van der Waals surface area contributed by atoms with Crippen LogP contribution < -0.4 is 12.4 Å². The highest BCUT2D eigenvalue weighted by Gasteiger charge is 2.53. The van der Waals surface area contributed by atoms with Crippen molar-refractivity contribution in [3.05, 3.63) is 0 Å². The summed E-state index contributed by atoms with van der Waals surface area (Å²) in [7, 11) is 4.55. The van der Waals surface area contributed by atoms with Crippen LogP contribution in [0.15, 0.2) is 0 Å². The number of halogens is 1. The molecule has 86 valence electrons. The maximum absolute atomic E-state index is 5.49. The molecule has 1 saturated heterocycles. The van der Waals surface area contributed by atoms with Gasteiger partial charge >= 0.3 is 0 Å². The number of quaternary nitrogens is 1. The summed E-state index contributed by atoms with van der Waals surface area (Å²) in [5, 5.41) is 0. The van der Waals surface area contributed by atoms with Gasteiger partial charge in [0.15, 0.2) is 0 Å². The topological polar surface area (TPSA) is 12.5 Å². The largest absolute Gasteiger partial charge is 1.00 e. The summed E-state index contributed by atoms with van der Waals surface area (Å²) >= 11 is 0. The van der Waals surface area contributed by atoms with Crippen LogP contribution in [0.3, 0.4) is 0 Å². The van der Waals surface area contributed by atoms with Crippen molar-refractivity contribution in [1.82, 2.24) is 0 Å². The highest BCUT2D eigenvalue weighted by Crippen LogP contribution is 2.34. The molecule has 1 atom stereocenters. The summed E-state index contributed by atoms with van der Waals surface area (Å²) in [6.07, 6.45) is 5.40. The number of hydrogen-bond acceptors (Lipinski definition) is 1. The van der Waals surface area contributed by atoms with Crippen molar-refractivity contribution < 1.29 is 21.6 Å². The average molecular weight is 222 g/mol. The van der Waals surface area contributed by atoms with Crippen molar-refractivity contribution >= 4 is 0 Å². The molecule has 3 heteroatoms. The molecule has 0 spiro atoms. The third-order valence-electron chi connectivity index (χ3n) is 3.41. The Morgan fingerprint density at radius 2 is 1.79 bits per heavy atom. The average Bonchev–Trinajstić information content (AvgIpc) is 2.79. The predicted molar refractivity (Wildman–Crippen MR) is 55.5 cm³/mol. The van der Waals surface area contributed by atoms with E-state index in [4.69, 9.17) is 4.74 Å². The highest BCUT2D eigenvalue weighted by molar-refractivity contribution is 4.75. The Hall–Kier alpha value is 0.210. The van der Waals surface area contributed by atoms with Crippen LogP contribution in [0.25, 0.3) is 0 Å².